The molecular formula is C18H16IN3O4S. The van der Waals surface area contributed by atoms with Crippen molar-refractivity contribution in [1.82, 2.24) is 9.78 Å². The van der Waals surface area contributed by atoms with Crippen LogP contribution in [0.15, 0.2) is 59.5 Å². The third-order valence-corrected chi connectivity index (χ3v) is 5.39. The Morgan fingerprint density at radius 3 is 2.33 bits per heavy atom. The molecule has 0 spiro atoms. The highest BCUT2D eigenvalue weighted by atomic mass is 127. The number of benzene rings is 2. The molecule has 2 N–H and O–H groups in total. The van der Waals surface area contributed by atoms with Gasteiger partial charge in [0.05, 0.1) is 22.9 Å². The number of nitrogens with zero attached hydrogens (tertiary/aromatic N) is 2. The summed E-state index contributed by atoms with van der Waals surface area (Å²) in [7, 11) is -3.79. The predicted octanol–water partition coefficient (Wildman–Crippen LogP) is 2.97. The van der Waals surface area contributed by atoms with Crippen molar-refractivity contribution in [1.29, 1.82) is 0 Å². The second-order valence-electron chi connectivity index (χ2n) is 5.59. The fraction of sp³-hybridized carbons (Fsp3) is 0.111. The SMILES string of the molecule is CCOC(=O)c1cc(-c2ccc(I)cc2)n(-c2ccc(S(N)(=O)=O)cc2)n1. The number of sulfonamides is 1. The second kappa shape index (κ2) is 7.79. The summed E-state index contributed by atoms with van der Waals surface area (Å²) in [6, 6.07) is 15.3. The Morgan fingerprint density at radius 1 is 1.15 bits per heavy atom. The van der Waals surface area contributed by atoms with Gasteiger partial charge in [-0.1, -0.05) is 12.1 Å². The second-order valence-corrected chi connectivity index (χ2v) is 8.40. The largest absolute Gasteiger partial charge is 0.461 e. The van der Waals surface area contributed by atoms with E-state index in [1.807, 2.05) is 24.3 Å². The fourth-order valence-corrected chi connectivity index (χ4v) is 3.36. The van der Waals surface area contributed by atoms with Crippen molar-refractivity contribution in [3.05, 3.63) is 63.9 Å². The molecule has 1 aromatic heterocycles. The van der Waals surface area contributed by atoms with Crippen LogP contribution < -0.4 is 5.14 Å². The Hall–Kier alpha value is -2.24. The summed E-state index contributed by atoms with van der Waals surface area (Å²) in [5, 5.41) is 9.49. The zero-order valence-corrected chi connectivity index (χ0v) is 17.3. The van der Waals surface area contributed by atoms with Gasteiger partial charge in [-0.05, 0) is 72.0 Å². The quantitative estimate of drug-likeness (QED) is 0.431. The summed E-state index contributed by atoms with van der Waals surface area (Å²) < 4.78 is 30.6. The van der Waals surface area contributed by atoms with E-state index in [9.17, 15) is 13.2 Å². The molecule has 0 radical (unpaired) electrons. The fourth-order valence-electron chi connectivity index (χ4n) is 2.49. The number of carbonyl (C=O) groups excluding carboxylic acids is 1. The summed E-state index contributed by atoms with van der Waals surface area (Å²) in [4.78, 5) is 12.1. The molecule has 140 valence electrons. The monoisotopic (exact) mass is 497 g/mol. The molecule has 3 rings (SSSR count). The van der Waals surface area contributed by atoms with Gasteiger partial charge in [0, 0.05) is 9.13 Å². The molecule has 0 aliphatic rings. The molecule has 3 aromatic rings. The number of rotatable bonds is 5. The lowest BCUT2D eigenvalue weighted by Crippen LogP contribution is -2.12. The number of aromatic nitrogens is 2. The van der Waals surface area contributed by atoms with Crippen molar-refractivity contribution in [2.45, 2.75) is 11.8 Å². The van der Waals surface area contributed by atoms with E-state index in [0.29, 0.717) is 11.4 Å². The van der Waals surface area contributed by atoms with Gasteiger partial charge in [-0.2, -0.15) is 5.10 Å². The topological polar surface area (TPSA) is 104 Å². The third-order valence-electron chi connectivity index (χ3n) is 3.74. The van der Waals surface area contributed by atoms with Gasteiger partial charge in [0.25, 0.3) is 0 Å². The van der Waals surface area contributed by atoms with Crippen LogP contribution in [-0.2, 0) is 14.8 Å². The van der Waals surface area contributed by atoms with E-state index in [-0.39, 0.29) is 17.2 Å². The van der Waals surface area contributed by atoms with Crippen molar-refractivity contribution in [3.8, 4) is 16.9 Å². The molecule has 0 saturated carbocycles. The van der Waals surface area contributed by atoms with E-state index in [0.717, 1.165) is 9.13 Å². The molecule has 0 unspecified atom stereocenters. The van der Waals surface area contributed by atoms with Crippen LogP contribution >= 0.6 is 22.6 Å². The van der Waals surface area contributed by atoms with E-state index in [2.05, 4.69) is 27.7 Å². The van der Waals surface area contributed by atoms with Crippen LogP contribution in [0.2, 0.25) is 0 Å². The summed E-state index contributed by atoms with van der Waals surface area (Å²) in [5.41, 5.74) is 2.29. The maximum absolute atomic E-state index is 12.1. The summed E-state index contributed by atoms with van der Waals surface area (Å²) in [6.45, 7) is 1.97. The third kappa shape index (κ3) is 4.37. The lowest BCUT2D eigenvalue weighted by Gasteiger charge is -2.08. The number of nitrogens with two attached hydrogens (primary N) is 1. The Morgan fingerprint density at radius 2 is 1.78 bits per heavy atom. The molecule has 9 heteroatoms. The van der Waals surface area contributed by atoms with Crippen molar-refractivity contribution in [2.75, 3.05) is 6.61 Å². The lowest BCUT2D eigenvalue weighted by atomic mass is 10.1. The molecule has 0 bridgehead atoms. The van der Waals surface area contributed by atoms with Crippen LogP contribution in [0.5, 0.6) is 0 Å². The van der Waals surface area contributed by atoms with Crippen molar-refractivity contribution in [3.63, 3.8) is 0 Å². The highest BCUT2D eigenvalue weighted by molar-refractivity contribution is 14.1. The van der Waals surface area contributed by atoms with Crippen LogP contribution in [-0.4, -0.2) is 30.8 Å². The van der Waals surface area contributed by atoms with Gasteiger partial charge in [-0.25, -0.2) is 23.0 Å². The minimum Gasteiger partial charge on any atom is -0.461 e. The van der Waals surface area contributed by atoms with E-state index < -0.39 is 16.0 Å². The minimum atomic E-state index is -3.79. The maximum atomic E-state index is 12.1. The van der Waals surface area contributed by atoms with Crippen LogP contribution in [0.3, 0.4) is 0 Å². The van der Waals surface area contributed by atoms with Gasteiger partial charge < -0.3 is 4.74 Å². The van der Waals surface area contributed by atoms with E-state index in [4.69, 9.17) is 9.88 Å². The lowest BCUT2D eigenvalue weighted by molar-refractivity contribution is 0.0519. The van der Waals surface area contributed by atoms with Crippen LogP contribution in [0.1, 0.15) is 17.4 Å². The highest BCUT2D eigenvalue weighted by Crippen LogP contribution is 2.26. The molecular weight excluding hydrogens is 481 g/mol. The first kappa shape index (κ1) is 19.5. The summed E-state index contributed by atoms with van der Waals surface area (Å²) >= 11 is 2.21. The molecule has 2 aromatic carbocycles. The number of ether oxygens (including phenoxy) is 1. The van der Waals surface area contributed by atoms with E-state index in [1.54, 1.807) is 29.8 Å². The van der Waals surface area contributed by atoms with Crippen LogP contribution in [0, 0.1) is 3.57 Å². The average Bonchev–Trinajstić information content (AvgIpc) is 3.07. The molecule has 0 aliphatic heterocycles. The molecule has 1 heterocycles. The summed E-state index contributed by atoms with van der Waals surface area (Å²) in [5.74, 6) is -0.524. The van der Waals surface area contributed by atoms with E-state index in [1.165, 1.54) is 12.1 Å². The number of hydrogen-bond acceptors (Lipinski definition) is 5. The van der Waals surface area contributed by atoms with Gasteiger partial charge in [0.15, 0.2) is 5.69 Å². The molecule has 27 heavy (non-hydrogen) atoms. The minimum absolute atomic E-state index is 0.000151. The Balaban J connectivity index is 2.12. The van der Waals surface area contributed by atoms with Gasteiger partial charge in [-0.15, -0.1) is 0 Å². The maximum Gasteiger partial charge on any atom is 0.358 e. The van der Waals surface area contributed by atoms with Gasteiger partial charge in [0.1, 0.15) is 0 Å². The molecule has 0 aliphatic carbocycles. The summed E-state index contributed by atoms with van der Waals surface area (Å²) in [6.07, 6.45) is 0. The number of primary sulfonamides is 1. The number of carbonyl (C=O) groups is 1. The number of halogens is 1. The molecule has 0 saturated heterocycles. The normalized spacial score (nSPS) is 11.4. The van der Waals surface area contributed by atoms with Crippen molar-refractivity contribution in [2.24, 2.45) is 5.14 Å². The van der Waals surface area contributed by atoms with Crippen LogP contribution in [0.25, 0.3) is 16.9 Å². The van der Waals surface area contributed by atoms with Gasteiger partial charge >= 0.3 is 5.97 Å². The Labute approximate surface area is 170 Å². The van der Waals surface area contributed by atoms with E-state index >= 15 is 0 Å². The predicted molar refractivity (Wildman–Crippen MR) is 109 cm³/mol. The van der Waals surface area contributed by atoms with Crippen LogP contribution in [0.4, 0.5) is 0 Å². The zero-order chi connectivity index (χ0) is 19.6. The molecule has 7 nitrogen and oxygen atoms in total. The Bertz CT molecular complexity index is 1070. The molecule has 0 atom stereocenters. The smallest absolute Gasteiger partial charge is 0.358 e. The van der Waals surface area contributed by atoms with Gasteiger partial charge in [0.2, 0.25) is 10.0 Å². The Kier molecular flexibility index (Phi) is 5.63. The zero-order valence-electron chi connectivity index (χ0n) is 14.3. The molecule has 0 amide bonds. The first-order chi connectivity index (χ1) is 12.8. The molecule has 0 fully saturated rings. The first-order valence-corrected chi connectivity index (χ1v) is 10.6. The number of esters is 1. The van der Waals surface area contributed by atoms with Crippen molar-refractivity contribution < 1.29 is 17.9 Å². The number of hydrogen-bond donors (Lipinski definition) is 1. The van der Waals surface area contributed by atoms with Gasteiger partial charge in [-0.3, -0.25) is 0 Å². The van der Waals surface area contributed by atoms with Crippen molar-refractivity contribution >= 4 is 38.6 Å². The average molecular weight is 497 g/mol. The highest BCUT2D eigenvalue weighted by Gasteiger charge is 2.18. The first-order valence-electron chi connectivity index (χ1n) is 7.96. The standard InChI is InChI=1S/C18H16IN3O4S/c1-2-26-18(23)16-11-17(12-3-5-13(19)6-4-12)22(21-16)14-7-9-15(10-8-14)27(20,24)25/h3-11H,2H2,1H3,(H2,20,24,25).